The van der Waals surface area contributed by atoms with E-state index in [0.717, 1.165) is 70.6 Å². The zero-order chi connectivity index (χ0) is 67.2. The van der Waals surface area contributed by atoms with E-state index in [-0.39, 0.29) is 38.6 Å². The van der Waals surface area contributed by atoms with Gasteiger partial charge in [0.1, 0.15) is 6.61 Å². The highest BCUT2D eigenvalue weighted by molar-refractivity contribution is 7.47. The minimum Gasteiger partial charge on any atom is -0.462 e. The Hall–Kier alpha value is -2.81. The summed E-state index contributed by atoms with van der Waals surface area (Å²) in [6.07, 6.45) is 106. The van der Waals surface area contributed by atoms with Gasteiger partial charge in [-0.25, -0.2) is 4.57 Å². The number of hydrogen-bond acceptors (Lipinski definition) is 8. The van der Waals surface area contributed by atoms with Crippen LogP contribution in [0.15, 0.2) is 85.1 Å². The van der Waals surface area contributed by atoms with Gasteiger partial charge in [0.25, 0.3) is 0 Å². The molecule has 9 nitrogen and oxygen atoms in total. The molecule has 0 heterocycles. The molecule has 0 aromatic carbocycles. The third-order valence-electron chi connectivity index (χ3n) is 17.8. The van der Waals surface area contributed by atoms with E-state index in [1.807, 2.05) is 0 Å². The minimum atomic E-state index is -4.40. The summed E-state index contributed by atoms with van der Waals surface area (Å²) in [5, 5.41) is 0. The topological polar surface area (TPSA) is 134 Å². The molecule has 10 heteroatoms. The first kappa shape index (κ1) is 90.2. The van der Waals surface area contributed by atoms with E-state index >= 15 is 0 Å². The van der Waals surface area contributed by atoms with Crippen LogP contribution in [0.3, 0.4) is 0 Å². The Labute approximate surface area is 576 Å². The molecule has 0 aromatic rings. The van der Waals surface area contributed by atoms with Crippen LogP contribution >= 0.6 is 7.82 Å². The summed E-state index contributed by atoms with van der Waals surface area (Å²) in [6, 6.07) is 0. The highest BCUT2D eigenvalue weighted by atomic mass is 31.2. The van der Waals surface area contributed by atoms with Gasteiger partial charge in [0.05, 0.1) is 13.2 Å². The van der Waals surface area contributed by atoms with Crippen LogP contribution in [0.4, 0.5) is 0 Å². The van der Waals surface area contributed by atoms with Crippen molar-refractivity contribution in [3.63, 3.8) is 0 Å². The van der Waals surface area contributed by atoms with E-state index in [2.05, 4.69) is 98.9 Å². The smallest absolute Gasteiger partial charge is 0.462 e. The molecular formula is C83H152NO8P. The van der Waals surface area contributed by atoms with Crippen molar-refractivity contribution in [1.29, 1.82) is 0 Å². The molecular weight excluding hydrogens is 1170 g/mol. The molecule has 0 amide bonds. The monoisotopic (exact) mass is 1320 g/mol. The van der Waals surface area contributed by atoms with Crippen molar-refractivity contribution in [1.82, 2.24) is 0 Å². The van der Waals surface area contributed by atoms with Gasteiger partial charge >= 0.3 is 19.8 Å². The third-order valence-corrected chi connectivity index (χ3v) is 18.7. The summed E-state index contributed by atoms with van der Waals surface area (Å²) < 4.78 is 33.3. The number of unbranched alkanes of at least 4 members (excludes halogenated alkanes) is 49. The molecule has 0 radical (unpaired) electrons. The van der Waals surface area contributed by atoms with Crippen molar-refractivity contribution >= 4 is 19.8 Å². The molecule has 0 aliphatic carbocycles. The van der Waals surface area contributed by atoms with Crippen LogP contribution in [-0.4, -0.2) is 49.3 Å². The second-order valence-corrected chi connectivity index (χ2v) is 28.4. The van der Waals surface area contributed by atoms with Crippen molar-refractivity contribution in [2.75, 3.05) is 26.4 Å². The number of phosphoric acid groups is 1. The van der Waals surface area contributed by atoms with E-state index in [1.165, 1.54) is 295 Å². The zero-order valence-corrected chi connectivity index (χ0v) is 62.1. The minimum absolute atomic E-state index is 0.0545. The maximum absolute atomic E-state index is 12.8. The van der Waals surface area contributed by atoms with Gasteiger partial charge in [-0.05, 0) is 89.9 Å². The predicted molar refractivity (Wildman–Crippen MR) is 404 cm³/mol. The molecule has 0 rings (SSSR count). The van der Waals surface area contributed by atoms with Crippen molar-refractivity contribution in [3.8, 4) is 0 Å². The van der Waals surface area contributed by atoms with Crippen LogP contribution in [0.2, 0.25) is 0 Å². The van der Waals surface area contributed by atoms with Crippen LogP contribution < -0.4 is 5.73 Å². The van der Waals surface area contributed by atoms with Gasteiger partial charge in [-0.2, -0.15) is 0 Å². The van der Waals surface area contributed by atoms with Crippen LogP contribution in [0, 0.1) is 0 Å². The molecule has 0 bridgehead atoms. The summed E-state index contributed by atoms with van der Waals surface area (Å²) in [7, 11) is -4.40. The second-order valence-electron chi connectivity index (χ2n) is 26.9. The van der Waals surface area contributed by atoms with E-state index in [1.54, 1.807) is 0 Å². The Morgan fingerprint density at radius 1 is 0.333 bits per heavy atom. The van der Waals surface area contributed by atoms with Crippen molar-refractivity contribution in [3.05, 3.63) is 85.1 Å². The van der Waals surface area contributed by atoms with Gasteiger partial charge in [0.2, 0.25) is 0 Å². The van der Waals surface area contributed by atoms with Gasteiger partial charge in [-0.15, -0.1) is 0 Å². The van der Waals surface area contributed by atoms with E-state index in [4.69, 9.17) is 24.3 Å². The van der Waals surface area contributed by atoms with E-state index < -0.39 is 26.5 Å². The first-order valence-corrected chi connectivity index (χ1v) is 41.6. The first-order chi connectivity index (χ1) is 45.8. The summed E-state index contributed by atoms with van der Waals surface area (Å²) in [6.45, 7) is 3.69. The average molecular weight is 1320 g/mol. The molecule has 93 heavy (non-hydrogen) atoms. The van der Waals surface area contributed by atoms with Gasteiger partial charge in [0.15, 0.2) is 6.10 Å². The normalized spacial score (nSPS) is 13.3. The van der Waals surface area contributed by atoms with Gasteiger partial charge in [-0.1, -0.05) is 381 Å². The number of rotatable bonds is 76. The maximum Gasteiger partial charge on any atom is 0.472 e. The number of carbonyl (C=O) groups is 2. The Morgan fingerprint density at radius 2 is 0.591 bits per heavy atom. The fraction of sp³-hybridized carbons (Fsp3) is 0.807. The molecule has 0 spiro atoms. The molecule has 0 saturated carbocycles. The average Bonchev–Trinajstić information content (AvgIpc) is 3.49. The molecule has 0 aliphatic rings. The lowest BCUT2D eigenvalue weighted by atomic mass is 10.0. The largest absolute Gasteiger partial charge is 0.472 e. The molecule has 0 saturated heterocycles. The van der Waals surface area contributed by atoms with Gasteiger partial charge in [-0.3, -0.25) is 18.6 Å². The Morgan fingerprint density at radius 3 is 0.882 bits per heavy atom. The second kappa shape index (κ2) is 78.2. The first-order valence-electron chi connectivity index (χ1n) is 40.1. The molecule has 0 aromatic heterocycles. The van der Waals surface area contributed by atoms with Crippen molar-refractivity contribution in [2.24, 2.45) is 5.73 Å². The number of phosphoric ester groups is 1. The Balaban J connectivity index is 3.76. The number of esters is 2. The van der Waals surface area contributed by atoms with E-state index in [0.29, 0.717) is 6.42 Å². The fourth-order valence-corrected chi connectivity index (χ4v) is 12.6. The zero-order valence-electron chi connectivity index (χ0n) is 61.2. The Bertz CT molecular complexity index is 1810. The quantitative estimate of drug-likeness (QED) is 0.0264. The van der Waals surface area contributed by atoms with E-state index in [9.17, 15) is 19.0 Å². The summed E-state index contributed by atoms with van der Waals surface area (Å²) in [5.41, 5.74) is 5.42. The van der Waals surface area contributed by atoms with Crippen molar-refractivity contribution < 1.29 is 37.6 Å². The van der Waals surface area contributed by atoms with Crippen LogP contribution in [0.25, 0.3) is 0 Å². The summed E-state index contributed by atoms with van der Waals surface area (Å²) in [4.78, 5) is 35.5. The molecule has 0 aliphatic heterocycles. The van der Waals surface area contributed by atoms with Crippen molar-refractivity contribution in [2.45, 2.75) is 405 Å². The lowest BCUT2D eigenvalue weighted by Gasteiger charge is -2.19. The third kappa shape index (κ3) is 78.1. The number of nitrogens with two attached hydrogens (primary N) is 1. The fourth-order valence-electron chi connectivity index (χ4n) is 11.9. The maximum atomic E-state index is 12.8. The molecule has 542 valence electrons. The summed E-state index contributed by atoms with van der Waals surface area (Å²) in [5.74, 6) is -0.806. The predicted octanol–water partition coefficient (Wildman–Crippen LogP) is 26.9. The van der Waals surface area contributed by atoms with Crippen LogP contribution in [-0.2, 0) is 32.7 Å². The lowest BCUT2D eigenvalue weighted by Crippen LogP contribution is -2.29. The highest BCUT2D eigenvalue weighted by Crippen LogP contribution is 2.43. The number of ether oxygens (including phenoxy) is 2. The van der Waals surface area contributed by atoms with Gasteiger partial charge in [0, 0.05) is 19.4 Å². The SMILES string of the molecule is CC/C=C\C/C=C\C/C=C\C/C=C\C/C=C\CCCCCCCCCCCCCCCCCCCCCCCCCCCC(=O)OC(COC(=O)CCCCCCCCCCCCCCCCCCCCC/C=C\C/C=C\CCCCCCC)COP(=O)(O)OCCN. The molecule has 2 unspecified atom stereocenters. The molecule has 2 atom stereocenters. The van der Waals surface area contributed by atoms with Gasteiger partial charge < -0.3 is 20.1 Å². The highest BCUT2D eigenvalue weighted by Gasteiger charge is 2.26. The number of hydrogen-bond donors (Lipinski definition) is 2. The molecule has 0 fully saturated rings. The number of carbonyl (C=O) groups excluding carboxylic acids is 2. The van der Waals surface area contributed by atoms with Crippen LogP contribution in [0.1, 0.15) is 399 Å². The number of allylic oxidation sites excluding steroid dienone is 14. The Kier molecular flexibility index (Phi) is 75.8. The molecule has 3 N–H and O–H groups in total. The standard InChI is InChI=1S/C83H152NO8P/c1-3-5-7-9-11-13-15-17-19-21-23-25-27-29-31-33-35-36-37-38-39-40-41-42-43-44-46-48-50-52-54-56-58-60-62-64-66-68-70-72-74-76-83(86)92-81(80-91-93(87,88)90-78-77-84)79-89-82(85)75-73-71-69-67-65-63-61-59-57-55-53-51-49-47-45-34-32-30-28-26-24-22-20-18-16-14-12-10-8-6-4-2/h5,7,11,13,16-19,22-25,29,31,81H,3-4,6,8-10,12,14-15,20-21,26-28,30,32-80,84H2,1-2H3,(H,87,88)/b7-5-,13-11-,18-16-,19-17-,24-22-,25-23-,31-29-. The lowest BCUT2D eigenvalue weighted by molar-refractivity contribution is -0.161. The van der Waals surface area contributed by atoms with Crippen LogP contribution in [0.5, 0.6) is 0 Å². The summed E-state index contributed by atoms with van der Waals surface area (Å²) >= 11 is 0.